The van der Waals surface area contributed by atoms with Crippen molar-refractivity contribution < 1.29 is 87.2 Å². The molecule has 0 unspecified atom stereocenters. The smallest absolute Gasteiger partial charge is 0.870 e. The third-order valence-corrected chi connectivity index (χ3v) is 4.24. The Bertz CT molecular complexity index is 1110. The molecular formula is C31H50ClNaO12S. The standard InChI is InChI=1S/C11H16O2.C9H12O2.C7H8O2.C2H5Cl.C2H6O.Na.H2O4S.H2O/c1-3-12-9-10-5-7-11(8-6-10)13-4-2;1-2-11-7-8-3-5-9(10)6-4-8;8-5-6-1-3-7(9)4-2-6;2*1-2-3;;1-5(2,3)4;/h5-8H,3-4,9H2,1-2H3;3-6,10H,2,7H2,1H3;1-4,8-9H,5H2;2H2,1H3;3H,2H2,1H3;;(H2,1,2,3,4);1H2/q;;;;;+1;;/p-1. The molecule has 0 aromatic heterocycles. The van der Waals surface area contributed by atoms with Crippen LogP contribution in [0.4, 0.5) is 0 Å². The summed E-state index contributed by atoms with van der Waals surface area (Å²) in [5.74, 6) is 2.17. The normalized spacial score (nSPS) is 9.09. The zero-order valence-electron chi connectivity index (χ0n) is 27.5. The molecule has 0 atom stereocenters. The van der Waals surface area contributed by atoms with Crippen LogP contribution in [0.2, 0.25) is 0 Å². The first-order valence-corrected chi connectivity index (χ1v) is 15.7. The minimum atomic E-state index is -4.67. The maximum atomic E-state index is 8.94. The van der Waals surface area contributed by atoms with Crippen LogP contribution in [-0.4, -0.2) is 75.7 Å². The molecule has 260 valence electrons. The number of phenols is 2. The van der Waals surface area contributed by atoms with E-state index in [1.807, 2.05) is 64.1 Å². The molecular weight excluding hydrogens is 655 g/mol. The van der Waals surface area contributed by atoms with Crippen LogP contribution in [0.1, 0.15) is 51.3 Å². The van der Waals surface area contributed by atoms with Crippen molar-refractivity contribution in [2.45, 2.75) is 54.4 Å². The van der Waals surface area contributed by atoms with E-state index in [0.717, 1.165) is 36.0 Å². The van der Waals surface area contributed by atoms with Crippen LogP contribution in [0.25, 0.3) is 0 Å². The van der Waals surface area contributed by atoms with Gasteiger partial charge in [0.05, 0.1) is 26.4 Å². The molecule has 0 fully saturated rings. The second kappa shape index (κ2) is 37.5. The van der Waals surface area contributed by atoms with Crippen molar-refractivity contribution in [2.24, 2.45) is 0 Å². The predicted molar refractivity (Wildman–Crippen MR) is 176 cm³/mol. The number of ether oxygens (including phenoxy) is 3. The Kier molecular flexibility index (Phi) is 43.6. The van der Waals surface area contributed by atoms with Crippen LogP contribution >= 0.6 is 11.6 Å². The Morgan fingerprint density at radius 2 is 0.913 bits per heavy atom. The summed E-state index contributed by atoms with van der Waals surface area (Å²) < 4.78 is 47.4. The van der Waals surface area contributed by atoms with Gasteiger partial charge in [0.15, 0.2) is 0 Å². The summed E-state index contributed by atoms with van der Waals surface area (Å²) in [6, 6.07) is 21.5. The van der Waals surface area contributed by atoms with Crippen LogP contribution in [0, 0.1) is 0 Å². The van der Waals surface area contributed by atoms with Crippen molar-refractivity contribution in [1.29, 1.82) is 0 Å². The van der Waals surface area contributed by atoms with Gasteiger partial charge in [-0.1, -0.05) is 43.3 Å². The van der Waals surface area contributed by atoms with Gasteiger partial charge < -0.3 is 40.1 Å². The number of hydrogen-bond donors (Lipinski definition) is 6. The number of aliphatic hydroxyl groups excluding tert-OH is 2. The average molecular weight is 705 g/mol. The molecule has 0 aliphatic heterocycles. The maximum absolute atomic E-state index is 8.94. The monoisotopic (exact) mass is 704 g/mol. The summed E-state index contributed by atoms with van der Waals surface area (Å²) in [7, 11) is -4.67. The van der Waals surface area contributed by atoms with Crippen LogP contribution < -0.4 is 34.3 Å². The van der Waals surface area contributed by atoms with Crippen LogP contribution in [0.5, 0.6) is 17.2 Å². The minimum absolute atomic E-state index is 0. The van der Waals surface area contributed by atoms with Gasteiger partial charge in [-0.3, -0.25) is 9.11 Å². The van der Waals surface area contributed by atoms with E-state index in [-0.39, 0.29) is 54.0 Å². The maximum Gasteiger partial charge on any atom is 1.00 e. The number of benzene rings is 3. The molecule has 0 heterocycles. The third kappa shape index (κ3) is 42.0. The number of aromatic hydroxyl groups is 2. The quantitative estimate of drug-likeness (QED) is 0.108. The molecule has 0 saturated heterocycles. The molecule has 3 aromatic rings. The number of alkyl halides is 1. The Balaban J connectivity index is -0.000000156. The Morgan fingerprint density at radius 1 is 0.630 bits per heavy atom. The fraction of sp³-hybridized carbons (Fsp3) is 0.419. The number of rotatable bonds is 9. The van der Waals surface area contributed by atoms with Gasteiger partial charge in [-0.2, -0.15) is 8.42 Å². The van der Waals surface area contributed by atoms with E-state index in [1.165, 1.54) is 5.56 Å². The second-order valence-electron chi connectivity index (χ2n) is 7.87. The number of aliphatic hydroxyl groups is 2. The second-order valence-corrected chi connectivity index (χ2v) is 9.30. The topological polar surface area (TPSA) is 213 Å². The summed E-state index contributed by atoms with van der Waals surface area (Å²) in [4.78, 5) is 0. The predicted octanol–water partition coefficient (Wildman–Crippen LogP) is 2.85. The van der Waals surface area contributed by atoms with Crippen molar-refractivity contribution in [2.75, 3.05) is 32.3 Å². The van der Waals surface area contributed by atoms with E-state index in [2.05, 4.69) is 0 Å². The van der Waals surface area contributed by atoms with Crippen molar-refractivity contribution >= 4 is 22.0 Å². The van der Waals surface area contributed by atoms with Gasteiger partial charge in [0.2, 0.25) is 0 Å². The summed E-state index contributed by atoms with van der Waals surface area (Å²) in [6.07, 6.45) is 0. The fourth-order valence-corrected chi connectivity index (χ4v) is 2.48. The van der Waals surface area contributed by atoms with Gasteiger partial charge >= 0.3 is 40.0 Å². The summed E-state index contributed by atoms with van der Waals surface area (Å²) in [6.45, 7) is 13.3. The SMILES string of the molecule is CCCl.CCO.CCOCc1ccc(O)cc1.CCOCc1ccc(OCC)cc1.O=S(=O)(O)O.OCc1ccc(O)cc1.[Na+].[OH-]. The fourth-order valence-electron chi connectivity index (χ4n) is 2.48. The Labute approximate surface area is 301 Å². The zero-order chi connectivity index (χ0) is 34.2. The molecule has 0 amide bonds. The van der Waals surface area contributed by atoms with Gasteiger partial charge in [-0.05, 0) is 80.8 Å². The molecule has 3 rings (SSSR count). The van der Waals surface area contributed by atoms with E-state index in [9.17, 15) is 0 Å². The molecule has 15 heteroatoms. The van der Waals surface area contributed by atoms with E-state index >= 15 is 0 Å². The zero-order valence-corrected chi connectivity index (χ0v) is 31.1. The molecule has 0 spiro atoms. The summed E-state index contributed by atoms with van der Waals surface area (Å²) >= 11 is 5.00. The van der Waals surface area contributed by atoms with Crippen molar-refractivity contribution in [1.82, 2.24) is 0 Å². The van der Waals surface area contributed by atoms with Crippen molar-refractivity contribution in [3.63, 3.8) is 0 Å². The molecule has 0 aliphatic rings. The first-order valence-electron chi connectivity index (χ1n) is 13.8. The van der Waals surface area contributed by atoms with Crippen molar-refractivity contribution in [3.8, 4) is 17.2 Å². The third-order valence-electron chi connectivity index (χ3n) is 4.24. The van der Waals surface area contributed by atoms with Crippen LogP contribution in [-0.2, 0) is 39.7 Å². The molecule has 0 saturated carbocycles. The van der Waals surface area contributed by atoms with E-state index in [4.69, 9.17) is 63.8 Å². The molecule has 3 aromatic carbocycles. The number of hydrogen-bond acceptors (Lipinski definition) is 10. The average Bonchev–Trinajstić information content (AvgIpc) is 2.98. The van der Waals surface area contributed by atoms with E-state index < -0.39 is 10.4 Å². The Hall–Kier alpha value is -1.98. The van der Waals surface area contributed by atoms with Gasteiger partial charge in [0, 0.05) is 25.7 Å². The molecule has 0 aliphatic carbocycles. The van der Waals surface area contributed by atoms with Crippen molar-refractivity contribution in [3.05, 3.63) is 89.5 Å². The molecule has 0 bridgehead atoms. The molecule has 0 radical (unpaired) electrons. The summed E-state index contributed by atoms with van der Waals surface area (Å²) in [5.41, 5.74) is 3.09. The largest absolute Gasteiger partial charge is 1.00 e. The minimum Gasteiger partial charge on any atom is -0.870 e. The number of phenolic OH excluding ortho intramolecular Hbond substituents is 2. The van der Waals surface area contributed by atoms with Crippen LogP contribution in [0.15, 0.2) is 72.8 Å². The van der Waals surface area contributed by atoms with Gasteiger partial charge in [0.1, 0.15) is 17.2 Å². The molecule has 46 heavy (non-hydrogen) atoms. The number of halogens is 1. The van der Waals surface area contributed by atoms with Gasteiger partial charge in [-0.25, -0.2) is 0 Å². The first-order chi connectivity index (χ1) is 20.8. The molecule has 7 N–H and O–H groups in total. The van der Waals surface area contributed by atoms with E-state index in [1.54, 1.807) is 43.3 Å². The summed E-state index contributed by atoms with van der Waals surface area (Å²) in [5, 5.41) is 33.8. The van der Waals surface area contributed by atoms with E-state index in [0.29, 0.717) is 25.6 Å². The van der Waals surface area contributed by atoms with Gasteiger partial charge in [-0.15, -0.1) is 11.6 Å². The first kappa shape index (κ1) is 53.5. The molecule has 12 nitrogen and oxygen atoms in total. The van der Waals surface area contributed by atoms with Gasteiger partial charge in [0.25, 0.3) is 0 Å². The van der Waals surface area contributed by atoms with Crippen LogP contribution in [0.3, 0.4) is 0 Å². The Morgan fingerprint density at radius 3 is 1.17 bits per heavy atom.